The van der Waals surface area contributed by atoms with E-state index < -0.39 is 5.60 Å². The first-order valence-corrected chi connectivity index (χ1v) is 7.76. The highest BCUT2D eigenvalue weighted by molar-refractivity contribution is 5.23. The van der Waals surface area contributed by atoms with Crippen LogP contribution in [0.4, 0.5) is 0 Å². The number of nitrogens with one attached hydrogen (secondary N) is 1. The number of aliphatic hydroxyl groups is 1. The maximum atomic E-state index is 9.75. The van der Waals surface area contributed by atoms with Gasteiger partial charge in [-0.1, -0.05) is 24.3 Å². The third-order valence-corrected chi connectivity index (χ3v) is 3.97. The van der Waals surface area contributed by atoms with E-state index >= 15 is 0 Å². The molecule has 0 unspecified atom stereocenters. The van der Waals surface area contributed by atoms with Gasteiger partial charge in [-0.3, -0.25) is 0 Å². The lowest BCUT2D eigenvalue weighted by atomic mass is 9.98. The van der Waals surface area contributed by atoms with Gasteiger partial charge in [-0.05, 0) is 44.2 Å². The SMILES string of the molecule is CC(C)(O)CCc1ccc(CCN2CCNCC2)cc1. The van der Waals surface area contributed by atoms with Crippen molar-refractivity contribution < 1.29 is 5.11 Å². The van der Waals surface area contributed by atoms with Gasteiger partial charge in [0.05, 0.1) is 5.60 Å². The van der Waals surface area contributed by atoms with Crippen LogP contribution < -0.4 is 5.32 Å². The van der Waals surface area contributed by atoms with E-state index in [1.54, 1.807) is 0 Å². The lowest BCUT2D eigenvalue weighted by Gasteiger charge is -2.27. The predicted octanol–water partition coefficient (Wildman–Crippen LogP) is 1.84. The minimum absolute atomic E-state index is 0.568. The number of aryl methyl sites for hydroxylation is 1. The minimum Gasteiger partial charge on any atom is -0.390 e. The van der Waals surface area contributed by atoms with Crippen molar-refractivity contribution in [3.05, 3.63) is 35.4 Å². The van der Waals surface area contributed by atoms with Crippen molar-refractivity contribution in [2.45, 2.75) is 38.7 Å². The molecule has 1 aromatic carbocycles. The molecule has 3 nitrogen and oxygen atoms in total. The molecule has 20 heavy (non-hydrogen) atoms. The summed E-state index contributed by atoms with van der Waals surface area (Å²) in [4.78, 5) is 2.53. The molecule has 0 amide bonds. The van der Waals surface area contributed by atoms with Crippen molar-refractivity contribution >= 4 is 0 Å². The minimum atomic E-state index is -0.568. The number of nitrogens with zero attached hydrogens (tertiary/aromatic N) is 1. The number of rotatable bonds is 6. The fourth-order valence-corrected chi connectivity index (χ4v) is 2.54. The summed E-state index contributed by atoms with van der Waals surface area (Å²) in [5.74, 6) is 0. The second-order valence-corrected chi connectivity index (χ2v) is 6.47. The molecule has 2 rings (SSSR count). The lowest BCUT2D eigenvalue weighted by Crippen LogP contribution is -2.44. The van der Waals surface area contributed by atoms with Crippen molar-refractivity contribution in [1.29, 1.82) is 0 Å². The molecule has 0 bridgehead atoms. The second-order valence-electron chi connectivity index (χ2n) is 6.47. The first-order chi connectivity index (χ1) is 9.53. The Morgan fingerprint density at radius 2 is 1.60 bits per heavy atom. The fourth-order valence-electron chi connectivity index (χ4n) is 2.54. The van der Waals surface area contributed by atoms with Gasteiger partial charge in [-0.15, -0.1) is 0 Å². The van der Waals surface area contributed by atoms with E-state index in [0.29, 0.717) is 0 Å². The summed E-state index contributed by atoms with van der Waals surface area (Å²) in [6, 6.07) is 8.89. The molecule has 2 N–H and O–H groups in total. The zero-order valence-corrected chi connectivity index (χ0v) is 12.9. The Balaban J connectivity index is 1.76. The first kappa shape index (κ1) is 15.5. The Kier molecular flexibility index (Phi) is 5.58. The Hall–Kier alpha value is -0.900. The molecule has 0 spiro atoms. The van der Waals surface area contributed by atoms with Gasteiger partial charge in [0.2, 0.25) is 0 Å². The Labute approximate surface area is 123 Å². The number of benzene rings is 1. The van der Waals surface area contributed by atoms with Crippen LogP contribution in [0.5, 0.6) is 0 Å². The first-order valence-electron chi connectivity index (χ1n) is 7.76. The molecular formula is C17H28N2O. The van der Waals surface area contributed by atoms with Gasteiger partial charge in [0.15, 0.2) is 0 Å². The maximum absolute atomic E-state index is 9.75. The normalized spacial score (nSPS) is 17.4. The molecule has 0 radical (unpaired) electrons. The molecule has 1 aromatic rings. The Bertz CT molecular complexity index is 388. The van der Waals surface area contributed by atoms with E-state index in [-0.39, 0.29) is 0 Å². The zero-order valence-electron chi connectivity index (χ0n) is 12.9. The van der Waals surface area contributed by atoms with E-state index in [0.717, 1.165) is 38.9 Å². The topological polar surface area (TPSA) is 35.5 Å². The van der Waals surface area contributed by atoms with Crippen LogP contribution in [0.15, 0.2) is 24.3 Å². The van der Waals surface area contributed by atoms with E-state index in [1.165, 1.54) is 24.2 Å². The largest absolute Gasteiger partial charge is 0.390 e. The standard InChI is InChI=1S/C17H28N2O/c1-17(2,20)9-7-15-3-5-16(6-4-15)8-12-19-13-10-18-11-14-19/h3-6,18,20H,7-14H2,1-2H3. The van der Waals surface area contributed by atoms with E-state index in [1.807, 2.05) is 13.8 Å². The maximum Gasteiger partial charge on any atom is 0.0594 e. The monoisotopic (exact) mass is 276 g/mol. The van der Waals surface area contributed by atoms with Gasteiger partial charge in [0.25, 0.3) is 0 Å². The highest BCUT2D eigenvalue weighted by Gasteiger charge is 2.12. The lowest BCUT2D eigenvalue weighted by molar-refractivity contribution is 0.0714. The van der Waals surface area contributed by atoms with Crippen molar-refractivity contribution in [3.8, 4) is 0 Å². The van der Waals surface area contributed by atoms with Crippen molar-refractivity contribution in [2.75, 3.05) is 32.7 Å². The zero-order chi connectivity index (χ0) is 14.4. The average molecular weight is 276 g/mol. The quantitative estimate of drug-likeness (QED) is 0.832. The van der Waals surface area contributed by atoms with Gasteiger partial charge in [0.1, 0.15) is 0 Å². The Morgan fingerprint density at radius 1 is 1.05 bits per heavy atom. The van der Waals surface area contributed by atoms with Crippen LogP contribution >= 0.6 is 0 Å². The van der Waals surface area contributed by atoms with Crippen LogP contribution in [0.3, 0.4) is 0 Å². The highest BCUT2D eigenvalue weighted by atomic mass is 16.3. The third kappa shape index (κ3) is 5.61. The van der Waals surface area contributed by atoms with Crippen LogP contribution in [0.25, 0.3) is 0 Å². The van der Waals surface area contributed by atoms with E-state index in [9.17, 15) is 5.11 Å². The predicted molar refractivity (Wildman–Crippen MR) is 84.1 cm³/mol. The van der Waals surface area contributed by atoms with Gasteiger partial charge in [-0.2, -0.15) is 0 Å². The molecule has 0 aromatic heterocycles. The number of hydrogen-bond donors (Lipinski definition) is 2. The van der Waals surface area contributed by atoms with E-state index in [4.69, 9.17) is 0 Å². The smallest absolute Gasteiger partial charge is 0.0594 e. The summed E-state index contributed by atoms with van der Waals surface area (Å²) in [5, 5.41) is 13.1. The van der Waals surface area contributed by atoms with Gasteiger partial charge >= 0.3 is 0 Å². The summed E-state index contributed by atoms with van der Waals surface area (Å²) in [6.07, 6.45) is 2.89. The molecule has 112 valence electrons. The van der Waals surface area contributed by atoms with Crippen molar-refractivity contribution in [2.24, 2.45) is 0 Å². The van der Waals surface area contributed by atoms with Crippen LogP contribution in [-0.4, -0.2) is 48.3 Å². The van der Waals surface area contributed by atoms with Crippen molar-refractivity contribution in [1.82, 2.24) is 10.2 Å². The number of piperazine rings is 1. The molecule has 0 aliphatic carbocycles. The molecular weight excluding hydrogens is 248 g/mol. The molecule has 1 heterocycles. The fraction of sp³-hybridized carbons (Fsp3) is 0.647. The van der Waals surface area contributed by atoms with Crippen LogP contribution in [-0.2, 0) is 12.8 Å². The molecule has 1 aliphatic heterocycles. The highest BCUT2D eigenvalue weighted by Crippen LogP contribution is 2.14. The molecule has 0 saturated carbocycles. The number of hydrogen-bond acceptors (Lipinski definition) is 3. The summed E-state index contributed by atoms with van der Waals surface area (Å²) in [5.41, 5.74) is 2.16. The van der Waals surface area contributed by atoms with E-state index in [2.05, 4.69) is 34.5 Å². The van der Waals surface area contributed by atoms with Crippen LogP contribution in [0, 0.1) is 0 Å². The van der Waals surface area contributed by atoms with Crippen LogP contribution in [0.2, 0.25) is 0 Å². The molecule has 3 heteroatoms. The summed E-state index contributed by atoms with van der Waals surface area (Å²) >= 11 is 0. The molecule has 1 fully saturated rings. The van der Waals surface area contributed by atoms with Gasteiger partial charge in [0, 0.05) is 32.7 Å². The van der Waals surface area contributed by atoms with Crippen molar-refractivity contribution in [3.63, 3.8) is 0 Å². The molecule has 0 atom stereocenters. The summed E-state index contributed by atoms with van der Waals surface area (Å²) < 4.78 is 0. The van der Waals surface area contributed by atoms with Crippen LogP contribution in [0.1, 0.15) is 31.4 Å². The molecule has 1 saturated heterocycles. The summed E-state index contributed by atoms with van der Waals surface area (Å²) in [6.45, 7) is 9.48. The third-order valence-electron chi connectivity index (χ3n) is 3.97. The van der Waals surface area contributed by atoms with Gasteiger partial charge < -0.3 is 15.3 Å². The average Bonchev–Trinajstić information content (AvgIpc) is 2.44. The van der Waals surface area contributed by atoms with Gasteiger partial charge in [-0.25, -0.2) is 0 Å². The second kappa shape index (κ2) is 7.21. The Morgan fingerprint density at radius 3 is 2.15 bits per heavy atom. The summed E-state index contributed by atoms with van der Waals surface area (Å²) in [7, 11) is 0. The molecule has 1 aliphatic rings.